The molecular weight excluding hydrogens is 162 g/mol. The van der Waals surface area contributed by atoms with Crippen LogP contribution < -0.4 is 5.32 Å². The molecule has 0 aliphatic carbocycles. The molecule has 1 saturated heterocycles. The summed E-state index contributed by atoms with van der Waals surface area (Å²) in [4.78, 5) is 0. The average Bonchev–Trinajstić information content (AvgIpc) is 2.24. The van der Waals surface area contributed by atoms with Crippen LogP contribution >= 0.6 is 0 Å². The average molecular weight is 185 g/mol. The van der Waals surface area contributed by atoms with Crippen LogP contribution in [0.2, 0.25) is 0 Å². The third kappa shape index (κ3) is 4.10. The molecule has 0 unspecified atom stereocenters. The second kappa shape index (κ2) is 3.58. The molecule has 13 heavy (non-hydrogen) atoms. The SMILES string of the molecule is CC(C)(C)NC[C@@H]1COC(C)(C)C1. The minimum atomic E-state index is 0.101. The Labute approximate surface area is 82.0 Å². The van der Waals surface area contributed by atoms with Gasteiger partial charge in [0, 0.05) is 12.1 Å². The van der Waals surface area contributed by atoms with Gasteiger partial charge in [0.05, 0.1) is 12.2 Å². The normalized spacial score (nSPS) is 27.9. The van der Waals surface area contributed by atoms with Gasteiger partial charge in [-0.25, -0.2) is 0 Å². The van der Waals surface area contributed by atoms with Gasteiger partial charge in [0.15, 0.2) is 0 Å². The number of nitrogens with one attached hydrogen (secondary N) is 1. The summed E-state index contributed by atoms with van der Waals surface area (Å²) in [7, 11) is 0. The fraction of sp³-hybridized carbons (Fsp3) is 1.00. The highest BCUT2D eigenvalue weighted by atomic mass is 16.5. The van der Waals surface area contributed by atoms with Gasteiger partial charge >= 0.3 is 0 Å². The molecule has 1 aliphatic rings. The largest absolute Gasteiger partial charge is 0.375 e. The molecule has 1 N–H and O–H groups in total. The Bertz CT molecular complexity index is 169. The maximum atomic E-state index is 5.68. The van der Waals surface area contributed by atoms with Crippen LogP contribution in [0.25, 0.3) is 0 Å². The second-order valence-corrected chi connectivity index (χ2v) is 5.77. The topological polar surface area (TPSA) is 21.3 Å². The Balaban J connectivity index is 2.25. The van der Waals surface area contributed by atoms with E-state index in [0.29, 0.717) is 5.92 Å². The molecule has 1 aliphatic heterocycles. The quantitative estimate of drug-likeness (QED) is 0.712. The highest BCUT2D eigenvalue weighted by Gasteiger charge is 2.32. The summed E-state index contributed by atoms with van der Waals surface area (Å²) in [6.45, 7) is 12.9. The predicted octanol–water partition coefficient (Wildman–Crippen LogP) is 2.19. The van der Waals surface area contributed by atoms with Crippen molar-refractivity contribution < 1.29 is 4.74 Å². The molecule has 2 heteroatoms. The van der Waals surface area contributed by atoms with E-state index in [4.69, 9.17) is 4.74 Å². The van der Waals surface area contributed by atoms with Crippen molar-refractivity contribution in [2.24, 2.45) is 5.92 Å². The summed E-state index contributed by atoms with van der Waals surface area (Å²) in [5.41, 5.74) is 0.330. The van der Waals surface area contributed by atoms with Gasteiger partial charge < -0.3 is 10.1 Å². The molecule has 1 rings (SSSR count). The van der Waals surface area contributed by atoms with Crippen LogP contribution in [0.4, 0.5) is 0 Å². The van der Waals surface area contributed by atoms with Gasteiger partial charge in [-0.2, -0.15) is 0 Å². The number of rotatable bonds is 2. The van der Waals surface area contributed by atoms with E-state index >= 15 is 0 Å². The molecule has 0 saturated carbocycles. The predicted molar refractivity (Wildman–Crippen MR) is 55.9 cm³/mol. The van der Waals surface area contributed by atoms with Gasteiger partial charge in [0.2, 0.25) is 0 Å². The standard InChI is InChI=1S/C11H23NO/c1-10(2,3)12-7-9-6-11(4,5)13-8-9/h9,12H,6-8H2,1-5H3/t9-/m1/s1. The Morgan fingerprint density at radius 3 is 2.38 bits per heavy atom. The Morgan fingerprint density at radius 2 is 2.00 bits per heavy atom. The van der Waals surface area contributed by atoms with Crippen molar-refractivity contribution in [1.29, 1.82) is 0 Å². The molecule has 0 amide bonds. The minimum Gasteiger partial charge on any atom is -0.375 e. The summed E-state index contributed by atoms with van der Waals surface area (Å²) in [6, 6.07) is 0. The lowest BCUT2D eigenvalue weighted by Crippen LogP contribution is -2.39. The first kappa shape index (κ1) is 11.0. The molecule has 0 aromatic carbocycles. The van der Waals surface area contributed by atoms with Crippen molar-refractivity contribution in [3.8, 4) is 0 Å². The Morgan fingerprint density at radius 1 is 1.38 bits per heavy atom. The molecule has 2 nitrogen and oxygen atoms in total. The van der Waals surface area contributed by atoms with Crippen molar-refractivity contribution in [1.82, 2.24) is 5.32 Å². The van der Waals surface area contributed by atoms with Crippen LogP contribution in [0, 0.1) is 5.92 Å². The molecule has 78 valence electrons. The number of ether oxygens (including phenoxy) is 1. The van der Waals surface area contributed by atoms with E-state index in [2.05, 4.69) is 39.9 Å². The lowest BCUT2D eigenvalue weighted by Gasteiger charge is -2.23. The molecule has 0 aromatic heterocycles. The summed E-state index contributed by atoms with van der Waals surface area (Å²) in [5, 5.41) is 3.52. The molecule has 0 bridgehead atoms. The van der Waals surface area contributed by atoms with Crippen LogP contribution in [0.1, 0.15) is 41.0 Å². The maximum Gasteiger partial charge on any atom is 0.0630 e. The third-order valence-corrected chi connectivity index (χ3v) is 2.41. The number of hydrogen-bond acceptors (Lipinski definition) is 2. The van der Waals surface area contributed by atoms with E-state index < -0.39 is 0 Å². The van der Waals surface area contributed by atoms with Crippen molar-refractivity contribution in [2.75, 3.05) is 13.2 Å². The van der Waals surface area contributed by atoms with Crippen LogP contribution in [-0.2, 0) is 4.74 Å². The van der Waals surface area contributed by atoms with E-state index in [1.165, 1.54) is 6.42 Å². The van der Waals surface area contributed by atoms with Gasteiger partial charge in [0.1, 0.15) is 0 Å². The Kier molecular flexibility index (Phi) is 3.03. The summed E-state index contributed by atoms with van der Waals surface area (Å²) >= 11 is 0. The van der Waals surface area contributed by atoms with Gasteiger partial charge in [-0.15, -0.1) is 0 Å². The molecule has 1 atom stereocenters. The van der Waals surface area contributed by atoms with Crippen LogP contribution in [0.15, 0.2) is 0 Å². The first-order valence-electron chi connectivity index (χ1n) is 5.17. The molecule has 0 radical (unpaired) electrons. The summed E-state index contributed by atoms with van der Waals surface area (Å²) < 4.78 is 5.68. The maximum absolute atomic E-state index is 5.68. The van der Waals surface area contributed by atoms with Crippen molar-refractivity contribution >= 4 is 0 Å². The second-order valence-electron chi connectivity index (χ2n) is 5.77. The van der Waals surface area contributed by atoms with Crippen LogP contribution in [0.5, 0.6) is 0 Å². The van der Waals surface area contributed by atoms with E-state index in [1.54, 1.807) is 0 Å². The molecule has 0 aromatic rings. The van der Waals surface area contributed by atoms with Gasteiger partial charge in [-0.05, 0) is 47.0 Å². The number of hydrogen-bond donors (Lipinski definition) is 1. The monoisotopic (exact) mass is 185 g/mol. The van der Waals surface area contributed by atoms with Crippen molar-refractivity contribution in [3.05, 3.63) is 0 Å². The van der Waals surface area contributed by atoms with E-state index in [1.807, 2.05) is 0 Å². The lowest BCUT2D eigenvalue weighted by atomic mass is 9.97. The fourth-order valence-electron chi connectivity index (χ4n) is 1.74. The van der Waals surface area contributed by atoms with Crippen LogP contribution in [0.3, 0.4) is 0 Å². The van der Waals surface area contributed by atoms with Crippen molar-refractivity contribution in [2.45, 2.75) is 52.2 Å². The zero-order valence-electron chi connectivity index (χ0n) is 9.61. The molecular formula is C11H23NO. The van der Waals surface area contributed by atoms with Crippen LogP contribution in [-0.4, -0.2) is 24.3 Å². The molecule has 1 fully saturated rings. The molecule has 0 spiro atoms. The minimum absolute atomic E-state index is 0.101. The first-order valence-corrected chi connectivity index (χ1v) is 5.17. The van der Waals surface area contributed by atoms with E-state index in [-0.39, 0.29) is 11.1 Å². The Hall–Kier alpha value is -0.0800. The van der Waals surface area contributed by atoms with Gasteiger partial charge in [0.25, 0.3) is 0 Å². The first-order chi connectivity index (χ1) is 5.79. The smallest absolute Gasteiger partial charge is 0.0630 e. The highest BCUT2D eigenvalue weighted by Crippen LogP contribution is 2.28. The lowest BCUT2D eigenvalue weighted by molar-refractivity contribution is 0.0349. The molecule has 1 heterocycles. The van der Waals surface area contributed by atoms with E-state index in [9.17, 15) is 0 Å². The zero-order chi connectivity index (χ0) is 10.1. The summed E-state index contributed by atoms with van der Waals surface area (Å²) in [5.74, 6) is 0.689. The zero-order valence-corrected chi connectivity index (χ0v) is 9.61. The van der Waals surface area contributed by atoms with Gasteiger partial charge in [-0.1, -0.05) is 0 Å². The van der Waals surface area contributed by atoms with Crippen molar-refractivity contribution in [3.63, 3.8) is 0 Å². The fourth-order valence-corrected chi connectivity index (χ4v) is 1.74. The van der Waals surface area contributed by atoms with E-state index in [0.717, 1.165) is 13.2 Å². The highest BCUT2D eigenvalue weighted by molar-refractivity contribution is 4.83. The third-order valence-electron chi connectivity index (χ3n) is 2.41. The summed E-state index contributed by atoms with van der Waals surface area (Å²) in [6.07, 6.45) is 1.18. The van der Waals surface area contributed by atoms with Gasteiger partial charge in [-0.3, -0.25) is 0 Å².